The molecule has 116 valence electrons. The first-order valence-electron chi connectivity index (χ1n) is 7.44. The van der Waals surface area contributed by atoms with Crippen molar-refractivity contribution in [1.29, 1.82) is 0 Å². The van der Waals surface area contributed by atoms with Crippen LogP contribution < -0.4 is 10.5 Å². The minimum Gasteiger partial charge on any atom is -0.370 e. The molecule has 1 aliphatic rings. The third-order valence-corrected chi connectivity index (χ3v) is 4.76. The molecule has 0 saturated carbocycles. The zero-order valence-corrected chi connectivity index (χ0v) is 14.5. The highest BCUT2D eigenvalue weighted by atomic mass is 79.9. The first-order valence-corrected chi connectivity index (χ1v) is 8.24. The van der Waals surface area contributed by atoms with Crippen LogP contribution in [0.3, 0.4) is 0 Å². The molecule has 1 aliphatic heterocycles. The summed E-state index contributed by atoms with van der Waals surface area (Å²) in [6.07, 6.45) is 2.99. The van der Waals surface area contributed by atoms with Crippen LogP contribution in [0.5, 0.6) is 0 Å². The highest BCUT2D eigenvalue weighted by Crippen LogP contribution is 2.23. The Labute approximate surface area is 139 Å². The van der Waals surface area contributed by atoms with Crippen LogP contribution in [0, 0.1) is 0 Å². The van der Waals surface area contributed by atoms with Crippen molar-refractivity contribution in [2.75, 3.05) is 32.1 Å². The minimum atomic E-state index is -0.0315. The Hall–Kier alpha value is -1.59. The lowest BCUT2D eigenvalue weighted by molar-refractivity contribution is 0.315. The van der Waals surface area contributed by atoms with E-state index in [2.05, 4.69) is 52.0 Å². The van der Waals surface area contributed by atoms with Gasteiger partial charge in [0.15, 0.2) is 0 Å². The molecule has 4 nitrogen and oxygen atoms in total. The molecule has 2 aromatic rings. The SMILES string of the molecule is CN(C)C1CCN(c2ccc(-n3ccc(Br)cc3=O)cc2)C1. The molecule has 3 rings (SSSR count). The van der Waals surface area contributed by atoms with Crippen molar-refractivity contribution < 1.29 is 0 Å². The number of halogens is 1. The smallest absolute Gasteiger partial charge is 0.256 e. The first kappa shape index (κ1) is 15.3. The van der Waals surface area contributed by atoms with E-state index in [-0.39, 0.29) is 5.56 Å². The second-order valence-corrected chi connectivity index (χ2v) is 6.84. The number of rotatable bonds is 3. The maximum atomic E-state index is 12.0. The molecule has 1 saturated heterocycles. The minimum absolute atomic E-state index is 0.0315. The van der Waals surface area contributed by atoms with Gasteiger partial charge in [-0.3, -0.25) is 9.36 Å². The maximum absolute atomic E-state index is 12.0. The zero-order valence-electron chi connectivity index (χ0n) is 12.9. The van der Waals surface area contributed by atoms with Gasteiger partial charge >= 0.3 is 0 Å². The second kappa shape index (κ2) is 6.26. The van der Waals surface area contributed by atoms with Crippen LogP contribution in [-0.2, 0) is 0 Å². The lowest BCUT2D eigenvalue weighted by Crippen LogP contribution is -2.31. The van der Waals surface area contributed by atoms with Crippen molar-refractivity contribution in [2.45, 2.75) is 12.5 Å². The summed E-state index contributed by atoms with van der Waals surface area (Å²) < 4.78 is 2.46. The molecule has 1 fully saturated rings. The monoisotopic (exact) mass is 361 g/mol. The Morgan fingerprint density at radius 2 is 1.82 bits per heavy atom. The van der Waals surface area contributed by atoms with Gasteiger partial charge < -0.3 is 9.80 Å². The van der Waals surface area contributed by atoms with Gasteiger partial charge in [-0.1, -0.05) is 15.9 Å². The molecule has 0 aliphatic carbocycles. The molecule has 0 spiro atoms. The Balaban J connectivity index is 1.80. The normalized spacial score (nSPS) is 18.2. The van der Waals surface area contributed by atoms with Crippen LogP contribution >= 0.6 is 15.9 Å². The van der Waals surface area contributed by atoms with Crippen molar-refractivity contribution in [3.8, 4) is 5.69 Å². The predicted octanol–water partition coefficient (Wildman–Crippen LogP) is 2.74. The van der Waals surface area contributed by atoms with Gasteiger partial charge in [0, 0.05) is 47.2 Å². The Kier molecular flexibility index (Phi) is 4.36. The average Bonchev–Trinajstić information content (AvgIpc) is 2.98. The van der Waals surface area contributed by atoms with E-state index in [1.165, 1.54) is 12.1 Å². The van der Waals surface area contributed by atoms with Gasteiger partial charge in [-0.2, -0.15) is 0 Å². The fourth-order valence-electron chi connectivity index (χ4n) is 2.89. The molecule has 1 aromatic carbocycles. The lowest BCUT2D eigenvalue weighted by Gasteiger charge is -2.22. The molecule has 1 atom stereocenters. The number of likely N-dealkylation sites (N-methyl/N-ethyl adjacent to an activating group) is 1. The number of benzene rings is 1. The van der Waals surface area contributed by atoms with Crippen LogP contribution in [0.2, 0.25) is 0 Å². The van der Waals surface area contributed by atoms with Crippen LogP contribution in [-0.4, -0.2) is 42.7 Å². The zero-order chi connectivity index (χ0) is 15.7. The fraction of sp³-hybridized carbons (Fsp3) is 0.353. The fourth-order valence-corrected chi connectivity index (χ4v) is 3.20. The van der Waals surface area contributed by atoms with Crippen molar-refractivity contribution >= 4 is 21.6 Å². The van der Waals surface area contributed by atoms with Gasteiger partial charge in [0.05, 0.1) is 0 Å². The summed E-state index contributed by atoms with van der Waals surface area (Å²) in [6.45, 7) is 2.14. The Morgan fingerprint density at radius 3 is 2.41 bits per heavy atom. The molecule has 0 amide bonds. The quantitative estimate of drug-likeness (QED) is 0.841. The number of anilines is 1. The largest absolute Gasteiger partial charge is 0.370 e. The summed E-state index contributed by atoms with van der Waals surface area (Å²) in [4.78, 5) is 16.7. The average molecular weight is 362 g/mol. The van der Waals surface area contributed by atoms with E-state index in [0.717, 1.165) is 23.2 Å². The van der Waals surface area contributed by atoms with Gasteiger partial charge in [0.2, 0.25) is 0 Å². The third kappa shape index (κ3) is 3.10. The van der Waals surface area contributed by atoms with Gasteiger partial charge in [0.1, 0.15) is 0 Å². The summed E-state index contributed by atoms with van der Waals surface area (Å²) in [6, 6.07) is 12.3. The van der Waals surface area contributed by atoms with Gasteiger partial charge in [-0.25, -0.2) is 0 Å². The summed E-state index contributed by atoms with van der Waals surface area (Å²) in [5.74, 6) is 0. The summed E-state index contributed by atoms with van der Waals surface area (Å²) >= 11 is 3.32. The second-order valence-electron chi connectivity index (χ2n) is 5.92. The molecule has 22 heavy (non-hydrogen) atoms. The summed E-state index contributed by atoms with van der Waals surface area (Å²) in [5, 5.41) is 0. The molecule has 2 heterocycles. The van der Waals surface area contributed by atoms with E-state index in [4.69, 9.17) is 0 Å². The maximum Gasteiger partial charge on any atom is 0.256 e. The molecule has 0 bridgehead atoms. The molecular formula is C17H20BrN3O. The van der Waals surface area contributed by atoms with E-state index < -0.39 is 0 Å². The molecule has 0 radical (unpaired) electrons. The highest BCUT2D eigenvalue weighted by Gasteiger charge is 2.23. The van der Waals surface area contributed by atoms with Crippen molar-refractivity contribution in [3.63, 3.8) is 0 Å². The third-order valence-electron chi connectivity index (χ3n) is 4.27. The highest BCUT2D eigenvalue weighted by molar-refractivity contribution is 9.10. The number of hydrogen-bond acceptors (Lipinski definition) is 3. The van der Waals surface area contributed by atoms with Crippen LogP contribution in [0.15, 0.2) is 51.9 Å². The summed E-state index contributed by atoms with van der Waals surface area (Å²) in [5.41, 5.74) is 2.08. The molecule has 0 N–H and O–H groups in total. The molecular weight excluding hydrogens is 342 g/mol. The van der Waals surface area contributed by atoms with E-state index in [1.807, 2.05) is 18.2 Å². The molecule has 5 heteroatoms. The first-order chi connectivity index (χ1) is 10.5. The number of hydrogen-bond donors (Lipinski definition) is 0. The standard InChI is InChI=1S/C17H20BrN3O/c1-19(2)16-8-9-20(12-16)14-3-5-15(6-4-14)21-10-7-13(18)11-17(21)22/h3-7,10-11,16H,8-9,12H2,1-2H3. The Bertz CT molecular complexity index is 709. The molecule has 1 aromatic heterocycles. The van der Waals surface area contributed by atoms with Gasteiger partial charge in [-0.15, -0.1) is 0 Å². The van der Waals surface area contributed by atoms with Crippen LogP contribution in [0.4, 0.5) is 5.69 Å². The van der Waals surface area contributed by atoms with Crippen molar-refractivity contribution in [3.05, 3.63) is 57.4 Å². The number of aromatic nitrogens is 1. The number of nitrogens with zero attached hydrogens (tertiary/aromatic N) is 3. The number of pyridine rings is 1. The van der Waals surface area contributed by atoms with E-state index in [0.29, 0.717) is 6.04 Å². The van der Waals surface area contributed by atoms with E-state index in [1.54, 1.807) is 16.8 Å². The van der Waals surface area contributed by atoms with Gasteiger partial charge in [0.25, 0.3) is 5.56 Å². The van der Waals surface area contributed by atoms with E-state index in [9.17, 15) is 4.79 Å². The Morgan fingerprint density at radius 1 is 1.14 bits per heavy atom. The predicted molar refractivity (Wildman–Crippen MR) is 94.0 cm³/mol. The lowest BCUT2D eigenvalue weighted by atomic mass is 10.2. The van der Waals surface area contributed by atoms with Crippen molar-refractivity contribution in [2.24, 2.45) is 0 Å². The molecule has 1 unspecified atom stereocenters. The van der Waals surface area contributed by atoms with E-state index >= 15 is 0 Å². The van der Waals surface area contributed by atoms with Gasteiger partial charge in [-0.05, 0) is 50.8 Å². The van der Waals surface area contributed by atoms with Crippen molar-refractivity contribution in [1.82, 2.24) is 9.47 Å². The van der Waals surface area contributed by atoms with Crippen LogP contribution in [0.25, 0.3) is 5.69 Å². The van der Waals surface area contributed by atoms with Crippen LogP contribution in [0.1, 0.15) is 6.42 Å². The summed E-state index contributed by atoms with van der Waals surface area (Å²) in [7, 11) is 4.27. The topological polar surface area (TPSA) is 28.5 Å².